The molecule has 0 aliphatic carbocycles. The topological polar surface area (TPSA) is 104 Å². The summed E-state index contributed by atoms with van der Waals surface area (Å²) >= 11 is 0. The second-order valence-corrected chi connectivity index (χ2v) is 8.39. The fraction of sp³-hybridized carbons (Fsp3) is 0.111. The van der Waals surface area contributed by atoms with E-state index in [1.54, 1.807) is 29.3 Å². The number of hydrogen-bond donors (Lipinski definition) is 2. The lowest BCUT2D eigenvalue weighted by Crippen LogP contribution is -2.47. The normalized spacial score (nSPS) is 16.5. The minimum Gasteiger partial charge on any atom is -0.508 e. The Kier molecular flexibility index (Phi) is 4.92. The number of amides is 2. The minimum absolute atomic E-state index is 0.102. The van der Waals surface area contributed by atoms with Gasteiger partial charge in [-0.2, -0.15) is 0 Å². The Bertz CT molecular complexity index is 1520. The number of phenols is 1. The van der Waals surface area contributed by atoms with Crippen molar-refractivity contribution in [3.8, 4) is 11.6 Å². The van der Waals surface area contributed by atoms with Crippen molar-refractivity contribution in [2.45, 2.75) is 12.6 Å². The van der Waals surface area contributed by atoms with Gasteiger partial charge in [0.25, 0.3) is 5.91 Å². The first-order valence-electron chi connectivity index (χ1n) is 11.2. The van der Waals surface area contributed by atoms with Crippen LogP contribution >= 0.6 is 0 Å². The molecule has 0 unspecified atom stereocenters. The van der Waals surface area contributed by atoms with Crippen LogP contribution in [-0.2, 0) is 11.2 Å². The van der Waals surface area contributed by atoms with Gasteiger partial charge >= 0.3 is 6.09 Å². The molecule has 4 aromatic rings. The van der Waals surface area contributed by atoms with Gasteiger partial charge in [-0.25, -0.2) is 14.8 Å². The van der Waals surface area contributed by atoms with Gasteiger partial charge in [0.15, 0.2) is 0 Å². The third kappa shape index (κ3) is 3.74. The highest BCUT2D eigenvalue weighted by Crippen LogP contribution is 2.38. The van der Waals surface area contributed by atoms with Crippen molar-refractivity contribution in [2.24, 2.45) is 4.99 Å². The van der Waals surface area contributed by atoms with Gasteiger partial charge in [0.05, 0.1) is 11.4 Å². The Morgan fingerprint density at radius 3 is 2.63 bits per heavy atom. The van der Waals surface area contributed by atoms with Gasteiger partial charge < -0.3 is 14.7 Å². The van der Waals surface area contributed by atoms with Gasteiger partial charge in [-0.15, -0.1) is 0 Å². The maximum absolute atomic E-state index is 13.5. The summed E-state index contributed by atoms with van der Waals surface area (Å²) < 4.78 is 5.39. The number of anilines is 1. The highest BCUT2D eigenvalue weighted by atomic mass is 16.6. The molecule has 2 N–H and O–H groups in total. The molecule has 2 amide bonds. The molecular formula is C27H20N4O4. The van der Waals surface area contributed by atoms with E-state index in [4.69, 9.17) is 4.74 Å². The van der Waals surface area contributed by atoms with Crippen LogP contribution in [0.2, 0.25) is 0 Å². The zero-order chi connectivity index (χ0) is 23.9. The first-order chi connectivity index (χ1) is 17.1. The van der Waals surface area contributed by atoms with E-state index >= 15 is 0 Å². The SMILES string of the molecule is O=C(N[C@@H]1N=C(c2ccccc2)c2cc(O)cc3c2N(CC3)C1=O)Oc1cc2ccccc2cn1. The van der Waals surface area contributed by atoms with Crippen molar-refractivity contribution < 1.29 is 19.4 Å². The molecule has 3 aromatic carbocycles. The summed E-state index contributed by atoms with van der Waals surface area (Å²) in [6.07, 6.45) is 0.173. The number of carbonyl (C=O) groups excluding carboxylic acids is 2. The minimum atomic E-state index is -1.21. The molecule has 35 heavy (non-hydrogen) atoms. The lowest BCUT2D eigenvalue weighted by atomic mass is 9.97. The summed E-state index contributed by atoms with van der Waals surface area (Å²) in [5.74, 6) is -0.152. The molecule has 0 fully saturated rings. The van der Waals surface area contributed by atoms with Crippen LogP contribution in [-0.4, -0.2) is 40.5 Å². The van der Waals surface area contributed by atoms with E-state index in [9.17, 15) is 14.7 Å². The lowest BCUT2D eigenvalue weighted by Gasteiger charge is -2.20. The number of benzene rings is 3. The van der Waals surface area contributed by atoms with Crippen molar-refractivity contribution >= 4 is 34.2 Å². The standard InChI is InChI=1S/C27H20N4O4/c32-20-12-18-10-11-31-24(18)21(14-20)23(16-6-2-1-3-7-16)29-25(26(31)33)30-27(34)35-22-13-17-8-4-5-9-19(17)15-28-22/h1-9,12-15,25,32H,10-11H2,(H,30,34)/t25-/m0/s1. The van der Waals surface area contributed by atoms with Gasteiger partial charge in [-0.1, -0.05) is 54.6 Å². The second-order valence-electron chi connectivity index (χ2n) is 8.39. The Hall–Kier alpha value is -4.72. The number of phenolic OH excluding ortho intramolecular Hbond substituents is 1. The quantitative estimate of drug-likeness (QED) is 0.480. The van der Waals surface area contributed by atoms with Crippen LogP contribution in [0.5, 0.6) is 11.6 Å². The monoisotopic (exact) mass is 464 g/mol. The van der Waals surface area contributed by atoms with Gasteiger partial charge in [0, 0.05) is 35.3 Å². The van der Waals surface area contributed by atoms with Crippen LogP contribution < -0.4 is 15.0 Å². The predicted molar refractivity (Wildman–Crippen MR) is 131 cm³/mol. The zero-order valence-electron chi connectivity index (χ0n) is 18.5. The zero-order valence-corrected chi connectivity index (χ0v) is 18.5. The molecule has 6 rings (SSSR count). The van der Waals surface area contributed by atoms with E-state index in [1.807, 2.05) is 54.6 Å². The smallest absolute Gasteiger partial charge is 0.416 e. The molecule has 0 spiro atoms. The van der Waals surface area contributed by atoms with Crippen molar-refractivity contribution in [3.63, 3.8) is 0 Å². The number of carbonyl (C=O) groups is 2. The number of ether oxygens (including phenoxy) is 1. The number of hydrogen-bond acceptors (Lipinski definition) is 6. The average Bonchev–Trinajstić information content (AvgIpc) is 3.25. The van der Waals surface area contributed by atoms with E-state index in [0.29, 0.717) is 29.9 Å². The summed E-state index contributed by atoms with van der Waals surface area (Å²) in [4.78, 5) is 36.7. The number of nitrogens with one attached hydrogen (secondary N) is 1. The number of aromatic hydroxyl groups is 1. The lowest BCUT2D eigenvalue weighted by molar-refractivity contribution is -0.120. The van der Waals surface area contributed by atoms with Crippen molar-refractivity contribution in [1.82, 2.24) is 10.3 Å². The Balaban J connectivity index is 1.36. The first kappa shape index (κ1) is 20.9. The molecule has 2 aliphatic heterocycles. The molecule has 0 saturated carbocycles. The molecular weight excluding hydrogens is 444 g/mol. The van der Waals surface area contributed by atoms with Crippen molar-refractivity contribution in [3.05, 3.63) is 95.7 Å². The van der Waals surface area contributed by atoms with Gasteiger partial charge in [0.1, 0.15) is 5.75 Å². The summed E-state index contributed by atoms with van der Waals surface area (Å²) in [5.41, 5.74) is 3.48. The summed E-state index contributed by atoms with van der Waals surface area (Å²) in [6, 6.07) is 21.9. The highest BCUT2D eigenvalue weighted by molar-refractivity contribution is 6.21. The van der Waals surface area contributed by atoms with Crippen molar-refractivity contribution in [2.75, 3.05) is 11.4 Å². The Morgan fingerprint density at radius 2 is 1.80 bits per heavy atom. The van der Waals surface area contributed by atoms with Crippen LogP contribution in [0.25, 0.3) is 10.8 Å². The van der Waals surface area contributed by atoms with E-state index in [0.717, 1.165) is 21.9 Å². The molecule has 0 radical (unpaired) electrons. The summed E-state index contributed by atoms with van der Waals surface area (Å²) in [6.45, 7) is 0.432. The third-order valence-corrected chi connectivity index (χ3v) is 6.17. The fourth-order valence-corrected chi connectivity index (χ4v) is 4.61. The van der Waals surface area contributed by atoms with E-state index in [1.165, 1.54) is 0 Å². The predicted octanol–water partition coefficient (Wildman–Crippen LogP) is 3.80. The molecule has 2 aliphatic rings. The van der Waals surface area contributed by atoms with Crippen LogP contribution in [0.3, 0.4) is 0 Å². The molecule has 1 atom stereocenters. The fourth-order valence-electron chi connectivity index (χ4n) is 4.61. The number of nitrogens with zero attached hydrogens (tertiary/aromatic N) is 3. The van der Waals surface area contributed by atoms with E-state index < -0.39 is 12.3 Å². The molecule has 3 heterocycles. The Labute approximate surface area is 200 Å². The number of pyridine rings is 1. The Morgan fingerprint density at radius 1 is 1.03 bits per heavy atom. The van der Waals surface area contributed by atoms with Gasteiger partial charge in [0.2, 0.25) is 12.0 Å². The van der Waals surface area contributed by atoms with Crippen LogP contribution in [0.4, 0.5) is 10.5 Å². The molecule has 8 heteroatoms. The summed E-state index contributed by atoms with van der Waals surface area (Å²) in [5, 5.41) is 14.7. The number of aliphatic imine (C=N–C) groups is 1. The number of aromatic nitrogens is 1. The molecule has 0 saturated heterocycles. The van der Waals surface area contributed by atoms with E-state index in [-0.39, 0.29) is 17.5 Å². The third-order valence-electron chi connectivity index (χ3n) is 6.17. The van der Waals surface area contributed by atoms with Crippen LogP contribution in [0, 0.1) is 0 Å². The second kappa shape index (κ2) is 8.25. The molecule has 8 nitrogen and oxygen atoms in total. The molecule has 172 valence electrons. The maximum Gasteiger partial charge on any atom is 0.416 e. The summed E-state index contributed by atoms with van der Waals surface area (Å²) in [7, 11) is 0. The number of rotatable bonds is 3. The van der Waals surface area contributed by atoms with Crippen LogP contribution in [0.15, 0.2) is 84.0 Å². The van der Waals surface area contributed by atoms with E-state index in [2.05, 4.69) is 15.3 Å². The maximum atomic E-state index is 13.5. The van der Waals surface area contributed by atoms with Gasteiger partial charge in [-0.3, -0.25) is 10.1 Å². The van der Waals surface area contributed by atoms with Gasteiger partial charge in [-0.05, 0) is 29.5 Å². The van der Waals surface area contributed by atoms with Crippen molar-refractivity contribution in [1.29, 1.82) is 0 Å². The number of fused-ring (bicyclic) bond motifs is 1. The largest absolute Gasteiger partial charge is 0.508 e. The highest BCUT2D eigenvalue weighted by Gasteiger charge is 2.37. The average molecular weight is 464 g/mol. The molecule has 0 bridgehead atoms. The first-order valence-corrected chi connectivity index (χ1v) is 11.2. The molecule has 1 aromatic heterocycles. The van der Waals surface area contributed by atoms with Crippen LogP contribution in [0.1, 0.15) is 16.7 Å².